The van der Waals surface area contributed by atoms with Crippen LogP contribution in [0, 0.1) is 5.92 Å². The summed E-state index contributed by atoms with van der Waals surface area (Å²) in [5, 5.41) is 3.03. The first-order chi connectivity index (χ1) is 14.7. The van der Waals surface area contributed by atoms with E-state index < -0.39 is 0 Å². The zero-order chi connectivity index (χ0) is 20.8. The smallest absolute Gasteiger partial charge is 0.257 e. The maximum Gasteiger partial charge on any atom is 0.257 e. The fourth-order valence-corrected chi connectivity index (χ4v) is 3.60. The van der Waals surface area contributed by atoms with E-state index in [9.17, 15) is 9.59 Å². The van der Waals surface area contributed by atoms with Crippen LogP contribution in [0.5, 0.6) is 11.5 Å². The lowest BCUT2D eigenvalue weighted by atomic mass is 9.96. The molecule has 1 aliphatic rings. The van der Waals surface area contributed by atoms with Gasteiger partial charge in [-0.25, -0.2) is 0 Å². The van der Waals surface area contributed by atoms with Crippen LogP contribution < -0.4 is 10.1 Å². The average molecular weight is 404 g/mol. The Labute approximate surface area is 175 Å². The lowest BCUT2D eigenvalue weighted by Gasteiger charge is -2.31. The summed E-state index contributed by atoms with van der Waals surface area (Å²) in [6.07, 6.45) is 4.69. The summed E-state index contributed by atoms with van der Waals surface area (Å²) in [7, 11) is 0. The van der Waals surface area contributed by atoms with E-state index in [0.29, 0.717) is 48.2 Å². The first kappa shape index (κ1) is 19.8. The number of nitrogens with one attached hydrogen (secondary N) is 1. The Morgan fingerprint density at radius 3 is 2.47 bits per heavy atom. The van der Waals surface area contributed by atoms with Crippen LogP contribution in [-0.4, -0.2) is 36.3 Å². The number of hydrogen-bond donors (Lipinski definition) is 1. The van der Waals surface area contributed by atoms with Gasteiger partial charge in [-0.1, -0.05) is 30.3 Å². The van der Waals surface area contributed by atoms with Gasteiger partial charge in [-0.05, 0) is 49.1 Å². The van der Waals surface area contributed by atoms with Gasteiger partial charge in [0.25, 0.3) is 11.8 Å². The average Bonchev–Trinajstić information content (AvgIpc) is 3.33. The Morgan fingerprint density at radius 2 is 1.73 bits per heavy atom. The summed E-state index contributed by atoms with van der Waals surface area (Å²) in [5.74, 6) is 1.40. The molecular weight excluding hydrogens is 380 g/mol. The molecule has 30 heavy (non-hydrogen) atoms. The molecule has 1 aliphatic heterocycles. The summed E-state index contributed by atoms with van der Waals surface area (Å²) in [6, 6.07) is 18.3. The second kappa shape index (κ2) is 9.31. The molecule has 1 saturated heterocycles. The lowest BCUT2D eigenvalue weighted by Crippen LogP contribution is -2.41. The van der Waals surface area contributed by atoms with Crippen molar-refractivity contribution in [1.29, 1.82) is 0 Å². The molecule has 0 bridgehead atoms. The van der Waals surface area contributed by atoms with Crippen LogP contribution in [0.15, 0.2) is 77.6 Å². The van der Waals surface area contributed by atoms with Crippen molar-refractivity contribution in [2.75, 3.05) is 19.6 Å². The van der Waals surface area contributed by atoms with Gasteiger partial charge in [0.05, 0.1) is 17.4 Å². The number of furan rings is 1. The molecule has 0 saturated carbocycles. The van der Waals surface area contributed by atoms with Gasteiger partial charge in [0, 0.05) is 19.6 Å². The minimum atomic E-state index is -0.154. The highest BCUT2D eigenvalue weighted by molar-refractivity contribution is 5.97. The van der Waals surface area contributed by atoms with E-state index in [1.165, 1.54) is 12.5 Å². The summed E-state index contributed by atoms with van der Waals surface area (Å²) in [4.78, 5) is 27.0. The molecule has 2 aromatic carbocycles. The standard InChI is InChI=1S/C24H24N2O4/c27-23(21-8-4-5-9-22(21)30-20-6-2-1-3-7-20)25-16-18-10-13-26(14-11-18)24(28)19-12-15-29-17-19/h1-9,12,15,17-18H,10-11,13-14,16H2,(H,25,27). The SMILES string of the molecule is O=C(NCC1CCN(C(=O)c2ccoc2)CC1)c1ccccc1Oc1ccccc1. The Bertz CT molecular complexity index is 977. The van der Waals surface area contributed by atoms with Crippen molar-refractivity contribution in [3.63, 3.8) is 0 Å². The summed E-state index contributed by atoms with van der Waals surface area (Å²) >= 11 is 0. The van der Waals surface area contributed by atoms with Crippen molar-refractivity contribution in [2.45, 2.75) is 12.8 Å². The monoisotopic (exact) mass is 404 g/mol. The van der Waals surface area contributed by atoms with Crippen LogP contribution in [0.4, 0.5) is 0 Å². The molecule has 6 nitrogen and oxygen atoms in total. The summed E-state index contributed by atoms with van der Waals surface area (Å²) < 4.78 is 10.9. The van der Waals surface area contributed by atoms with Gasteiger partial charge >= 0.3 is 0 Å². The lowest BCUT2D eigenvalue weighted by molar-refractivity contribution is 0.0683. The number of carbonyl (C=O) groups excluding carboxylic acids is 2. The highest BCUT2D eigenvalue weighted by atomic mass is 16.5. The zero-order valence-corrected chi connectivity index (χ0v) is 16.6. The van der Waals surface area contributed by atoms with Crippen LogP contribution in [0.2, 0.25) is 0 Å². The quantitative estimate of drug-likeness (QED) is 0.663. The molecular formula is C24H24N2O4. The third-order valence-electron chi connectivity index (χ3n) is 5.32. The number of carbonyl (C=O) groups is 2. The molecule has 154 valence electrons. The Balaban J connectivity index is 1.30. The topological polar surface area (TPSA) is 71.8 Å². The van der Waals surface area contributed by atoms with Crippen LogP contribution in [0.25, 0.3) is 0 Å². The first-order valence-corrected chi connectivity index (χ1v) is 10.1. The number of likely N-dealkylation sites (tertiary alicyclic amines) is 1. The van der Waals surface area contributed by atoms with E-state index in [2.05, 4.69) is 5.32 Å². The second-order valence-electron chi connectivity index (χ2n) is 7.37. The number of hydrogen-bond acceptors (Lipinski definition) is 4. The predicted molar refractivity (Wildman–Crippen MR) is 113 cm³/mol. The van der Waals surface area contributed by atoms with Crippen LogP contribution in [-0.2, 0) is 0 Å². The van der Waals surface area contributed by atoms with Gasteiger partial charge in [-0.15, -0.1) is 0 Å². The Hall–Kier alpha value is -3.54. The molecule has 1 N–H and O–H groups in total. The molecule has 2 heterocycles. The van der Waals surface area contributed by atoms with E-state index in [1.54, 1.807) is 18.2 Å². The van der Waals surface area contributed by atoms with Crippen molar-refractivity contribution in [2.24, 2.45) is 5.92 Å². The van der Waals surface area contributed by atoms with Crippen LogP contribution in [0.1, 0.15) is 33.6 Å². The summed E-state index contributed by atoms with van der Waals surface area (Å²) in [6.45, 7) is 1.93. The largest absolute Gasteiger partial charge is 0.472 e. The minimum absolute atomic E-state index is 0.00164. The Morgan fingerprint density at radius 1 is 1.00 bits per heavy atom. The molecule has 6 heteroatoms. The number of nitrogens with zero attached hydrogens (tertiary/aromatic N) is 1. The molecule has 1 aromatic heterocycles. The number of piperidine rings is 1. The van der Waals surface area contributed by atoms with Crippen molar-refractivity contribution in [3.05, 3.63) is 84.3 Å². The highest BCUT2D eigenvalue weighted by Crippen LogP contribution is 2.25. The fourth-order valence-electron chi connectivity index (χ4n) is 3.60. The third kappa shape index (κ3) is 4.71. The molecule has 0 atom stereocenters. The number of benzene rings is 2. The number of rotatable bonds is 6. The molecule has 0 radical (unpaired) electrons. The molecule has 2 amide bonds. The maximum atomic E-state index is 12.8. The van der Waals surface area contributed by atoms with Gasteiger partial charge in [0.1, 0.15) is 17.8 Å². The zero-order valence-electron chi connectivity index (χ0n) is 16.6. The van der Waals surface area contributed by atoms with Crippen molar-refractivity contribution in [3.8, 4) is 11.5 Å². The number of ether oxygens (including phenoxy) is 1. The van der Waals surface area contributed by atoms with Crippen molar-refractivity contribution < 1.29 is 18.7 Å². The molecule has 4 rings (SSSR count). The second-order valence-corrected chi connectivity index (χ2v) is 7.37. The third-order valence-corrected chi connectivity index (χ3v) is 5.32. The molecule has 0 unspecified atom stereocenters. The van der Waals surface area contributed by atoms with E-state index in [4.69, 9.17) is 9.15 Å². The van der Waals surface area contributed by atoms with Gasteiger partial charge < -0.3 is 19.4 Å². The van der Waals surface area contributed by atoms with Crippen LogP contribution in [0.3, 0.4) is 0 Å². The van der Waals surface area contributed by atoms with Gasteiger partial charge in [-0.2, -0.15) is 0 Å². The number of para-hydroxylation sites is 2. The van der Waals surface area contributed by atoms with Gasteiger partial charge in [-0.3, -0.25) is 9.59 Å². The van der Waals surface area contributed by atoms with E-state index in [1.807, 2.05) is 47.4 Å². The first-order valence-electron chi connectivity index (χ1n) is 10.1. The molecule has 0 aliphatic carbocycles. The maximum absolute atomic E-state index is 12.8. The molecule has 3 aromatic rings. The summed E-state index contributed by atoms with van der Waals surface area (Å²) in [5.41, 5.74) is 1.09. The normalized spacial score (nSPS) is 14.3. The van der Waals surface area contributed by atoms with Gasteiger partial charge in [0.15, 0.2) is 0 Å². The predicted octanol–water partition coefficient (Wildman–Crippen LogP) is 4.35. The van der Waals surface area contributed by atoms with E-state index in [0.717, 1.165) is 12.8 Å². The molecule has 1 fully saturated rings. The fraction of sp³-hybridized carbons (Fsp3) is 0.250. The number of amides is 2. The van der Waals surface area contributed by atoms with Crippen molar-refractivity contribution in [1.82, 2.24) is 10.2 Å². The van der Waals surface area contributed by atoms with Gasteiger partial charge in [0.2, 0.25) is 0 Å². The van der Waals surface area contributed by atoms with E-state index >= 15 is 0 Å². The molecule has 0 spiro atoms. The van der Waals surface area contributed by atoms with Crippen LogP contribution >= 0.6 is 0 Å². The minimum Gasteiger partial charge on any atom is -0.472 e. The Kier molecular flexibility index (Phi) is 6.13. The highest BCUT2D eigenvalue weighted by Gasteiger charge is 2.24. The van der Waals surface area contributed by atoms with Crippen molar-refractivity contribution >= 4 is 11.8 Å². The van der Waals surface area contributed by atoms with E-state index in [-0.39, 0.29) is 11.8 Å².